The van der Waals surface area contributed by atoms with E-state index in [0.29, 0.717) is 58.7 Å². The van der Waals surface area contributed by atoms with Crippen LogP contribution in [0.3, 0.4) is 0 Å². The van der Waals surface area contributed by atoms with E-state index in [1.54, 1.807) is 0 Å². The molecule has 0 radical (unpaired) electrons. The van der Waals surface area contributed by atoms with Crippen molar-refractivity contribution in [2.45, 2.75) is 66.5 Å². The molecule has 0 atom stereocenters. The molecule has 4 N–H and O–H groups in total. The molecular weight excluding hydrogens is 440 g/mol. The van der Waals surface area contributed by atoms with Crippen molar-refractivity contribution in [2.75, 3.05) is 52.8 Å². The molecule has 0 rings (SSSR count). The monoisotopic (exact) mass is 486 g/mol. The van der Waals surface area contributed by atoms with E-state index >= 15 is 0 Å². The summed E-state index contributed by atoms with van der Waals surface area (Å²) in [6, 6.07) is 1.44. The Bertz CT molecular complexity index is 388. The first-order valence-electron chi connectivity index (χ1n) is 11.3. The van der Waals surface area contributed by atoms with E-state index in [1.165, 1.54) is 0 Å². The van der Waals surface area contributed by atoms with Gasteiger partial charge in [0.15, 0.2) is 0 Å². The minimum Gasteiger partial charge on any atom is -0.450 e. The maximum Gasteiger partial charge on any atom is 0.501 e. The van der Waals surface area contributed by atoms with Crippen molar-refractivity contribution in [1.29, 1.82) is 0 Å². The first-order chi connectivity index (χ1) is 14.8. The van der Waals surface area contributed by atoms with E-state index in [2.05, 4.69) is 4.74 Å². The van der Waals surface area contributed by atoms with Gasteiger partial charge in [0.25, 0.3) is 0 Å². The van der Waals surface area contributed by atoms with Gasteiger partial charge in [-0.25, -0.2) is 4.79 Å². The SMILES string of the molecule is CCO[Si](CCCN)(OCC)OCC.CCO[Si](CCCOC(N)=O)(OCC)OCC. The van der Waals surface area contributed by atoms with Crippen LogP contribution < -0.4 is 11.5 Å². The second-order valence-electron chi connectivity index (χ2n) is 6.13. The zero-order valence-corrected chi connectivity index (χ0v) is 22.4. The molecule has 188 valence electrons. The van der Waals surface area contributed by atoms with Gasteiger partial charge in [0.05, 0.1) is 6.61 Å². The number of carbonyl (C=O) groups excluding carboxylic acids is 1. The van der Waals surface area contributed by atoms with Gasteiger partial charge < -0.3 is 42.8 Å². The fraction of sp³-hybridized carbons (Fsp3) is 0.947. The van der Waals surface area contributed by atoms with Crippen molar-refractivity contribution in [1.82, 2.24) is 0 Å². The van der Waals surface area contributed by atoms with Crippen LogP contribution in [0.1, 0.15) is 54.4 Å². The lowest BCUT2D eigenvalue weighted by atomic mass is 10.5. The van der Waals surface area contributed by atoms with Crippen molar-refractivity contribution in [3.05, 3.63) is 0 Å². The summed E-state index contributed by atoms with van der Waals surface area (Å²) in [6.45, 7) is 16.0. The van der Waals surface area contributed by atoms with Crippen LogP contribution in [-0.4, -0.2) is 76.5 Å². The number of primary amides is 1. The van der Waals surface area contributed by atoms with Crippen LogP contribution in [0.5, 0.6) is 0 Å². The van der Waals surface area contributed by atoms with Gasteiger partial charge in [0.1, 0.15) is 0 Å². The third-order valence-corrected chi connectivity index (χ3v) is 10.0. The largest absolute Gasteiger partial charge is 0.501 e. The highest BCUT2D eigenvalue weighted by molar-refractivity contribution is 6.61. The summed E-state index contributed by atoms with van der Waals surface area (Å²) in [7, 11) is -5.00. The predicted molar refractivity (Wildman–Crippen MR) is 125 cm³/mol. The van der Waals surface area contributed by atoms with Crippen LogP contribution in [0, 0.1) is 0 Å². The predicted octanol–water partition coefficient (Wildman–Crippen LogP) is 2.90. The summed E-state index contributed by atoms with van der Waals surface area (Å²) < 4.78 is 38.5. The van der Waals surface area contributed by atoms with Crippen LogP contribution in [0.15, 0.2) is 0 Å². The number of hydrogen-bond donors (Lipinski definition) is 2. The molecule has 0 unspecified atom stereocenters. The fourth-order valence-corrected chi connectivity index (χ4v) is 8.00. The topological polar surface area (TPSA) is 134 Å². The Labute approximate surface area is 190 Å². The molecule has 0 aliphatic rings. The van der Waals surface area contributed by atoms with Gasteiger partial charge in [0.2, 0.25) is 0 Å². The minimum absolute atomic E-state index is 0.261. The zero-order valence-electron chi connectivity index (χ0n) is 20.4. The van der Waals surface area contributed by atoms with Crippen LogP contribution in [-0.2, 0) is 31.3 Å². The van der Waals surface area contributed by atoms with Gasteiger partial charge in [0, 0.05) is 51.7 Å². The molecule has 12 heteroatoms. The first kappa shape index (κ1) is 32.6. The normalized spacial score (nSPS) is 11.7. The summed E-state index contributed by atoms with van der Waals surface area (Å²) in [5, 5.41) is 0. The van der Waals surface area contributed by atoms with Crippen molar-refractivity contribution < 1.29 is 36.1 Å². The smallest absolute Gasteiger partial charge is 0.450 e. The molecular formula is C19H46N2O8Si2. The molecule has 0 aromatic heterocycles. The number of nitrogens with two attached hydrogens (primary N) is 2. The minimum atomic E-state index is -2.60. The number of amides is 1. The van der Waals surface area contributed by atoms with Crippen molar-refractivity contribution >= 4 is 23.7 Å². The summed E-state index contributed by atoms with van der Waals surface area (Å²) in [5.74, 6) is 0. The third-order valence-electron chi connectivity index (χ3n) is 3.74. The first-order valence-corrected chi connectivity index (χ1v) is 15.2. The number of hydrogen-bond acceptors (Lipinski definition) is 9. The average Bonchev–Trinajstić information content (AvgIpc) is 2.71. The van der Waals surface area contributed by atoms with Gasteiger partial charge in [-0.15, -0.1) is 0 Å². The fourth-order valence-electron chi connectivity index (χ4n) is 2.78. The summed E-state index contributed by atoms with van der Waals surface area (Å²) in [5.41, 5.74) is 10.4. The lowest BCUT2D eigenvalue weighted by Gasteiger charge is -2.28. The number of carbonyl (C=O) groups is 1. The van der Waals surface area contributed by atoms with E-state index < -0.39 is 23.7 Å². The molecule has 0 bridgehead atoms. The Morgan fingerprint density at radius 3 is 1.23 bits per heavy atom. The van der Waals surface area contributed by atoms with Gasteiger partial charge in [-0.2, -0.15) is 0 Å². The highest BCUT2D eigenvalue weighted by atomic mass is 28.4. The maximum absolute atomic E-state index is 10.4. The molecule has 0 spiro atoms. The van der Waals surface area contributed by atoms with E-state index in [1.807, 2.05) is 41.5 Å². The van der Waals surface area contributed by atoms with Gasteiger partial charge >= 0.3 is 23.7 Å². The Balaban J connectivity index is 0. The molecule has 0 saturated carbocycles. The molecule has 0 fully saturated rings. The maximum atomic E-state index is 10.4. The standard InChI is InChI=1S/C10H23NO5Si.C9H23NO3Si/c1-4-14-17(15-5-2,16-6-3)9-7-8-13-10(11)12;1-4-11-14(12-5-2,13-6-3)9-7-8-10/h4-9H2,1-3H3,(H2,11,12);4-10H2,1-3H3. The van der Waals surface area contributed by atoms with Crippen molar-refractivity contribution in [3.63, 3.8) is 0 Å². The van der Waals surface area contributed by atoms with E-state index in [0.717, 1.165) is 12.5 Å². The number of rotatable bonds is 19. The molecule has 0 heterocycles. The van der Waals surface area contributed by atoms with Gasteiger partial charge in [-0.3, -0.25) is 0 Å². The quantitative estimate of drug-likeness (QED) is 0.209. The third kappa shape index (κ3) is 16.7. The van der Waals surface area contributed by atoms with Crippen LogP contribution >= 0.6 is 0 Å². The molecule has 0 aliphatic carbocycles. The highest BCUT2D eigenvalue weighted by Gasteiger charge is 2.40. The molecule has 31 heavy (non-hydrogen) atoms. The second kappa shape index (κ2) is 21.3. The molecule has 0 aromatic rings. The van der Waals surface area contributed by atoms with E-state index in [-0.39, 0.29) is 6.61 Å². The number of ether oxygens (including phenoxy) is 1. The van der Waals surface area contributed by atoms with Crippen molar-refractivity contribution in [3.8, 4) is 0 Å². The van der Waals surface area contributed by atoms with Crippen LogP contribution in [0.25, 0.3) is 0 Å². The Kier molecular flexibility index (Phi) is 22.4. The van der Waals surface area contributed by atoms with E-state index in [9.17, 15) is 4.79 Å². The second-order valence-corrected chi connectivity index (χ2v) is 11.6. The average molecular weight is 487 g/mol. The lowest BCUT2D eigenvalue weighted by molar-refractivity contribution is 0.0683. The van der Waals surface area contributed by atoms with E-state index in [4.69, 9.17) is 38.0 Å². The van der Waals surface area contributed by atoms with Crippen LogP contribution in [0.4, 0.5) is 4.79 Å². The highest BCUT2D eigenvalue weighted by Crippen LogP contribution is 2.18. The van der Waals surface area contributed by atoms with Crippen molar-refractivity contribution in [2.24, 2.45) is 11.5 Å². The van der Waals surface area contributed by atoms with Gasteiger partial charge in [-0.1, -0.05) is 0 Å². The Morgan fingerprint density at radius 2 is 0.968 bits per heavy atom. The molecule has 0 aliphatic heterocycles. The van der Waals surface area contributed by atoms with Gasteiger partial charge in [-0.05, 0) is 60.9 Å². The molecule has 0 aromatic carbocycles. The van der Waals surface area contributed by atoms with Crippen LogP contribution in [0.2, 0.25) is 12.1 Å². The Hall–Kier alpha value is -0.576. The summed E-state index contributed by atoms with van der Waals surface area (Å²) in [4.78, 5) is 10.4. The zero-order chi connectivity index (χ0) is 24.0. The molecule has 1 amide bonds. The summed E-state index contributed by atoms with van der Waals surface area (Å²) in [6.07, 6.45) is 0.753. The Morgan fingerprint density at radius 1 is 0.645 bits per heavy atom. The lowest BCUT2D eigenvalue weighted by Crippen LogP contribution is -2.46. The molecule has 10 nitrogen and oxygen atoms in total. The molecule has 0 saturated heterocycles. The summed E-state index contributed by atoms with van der Waals surface area (Å²) >= 11 is 0.